The zero-order valence-electron chi connectivity index (χ0n) is 60.3. The molecule has 0 aliphatic carbocycles. The lowest BCUT2D eigenvalue weighted by atomic mass is 9.91. The molecule has 0 spiro atoms. The van der Waals surface area contributed by atoms with Gasteiger partial charge < -0.3 is 190 Å². The van der Waals surface area contributed by atoms with Crippen LogP contribution in [0.4, 0.5) is 0 Å². The molecule has 27 N–H and O–H groups in total. The molecule has 48 nitrogen and oxygen atoms in total. The Balaban J connectivity index is 1.03. The van der Waals surface area contributed by atoms with E-state index in [4.69, 9.17) is 52.1 Å². The fourth-order valence-electron chi connectivity index (χ4n) is 12.4. The van der Waals surface area contributed by atoms with Gasteiger partial charge in [0, 0.05) is 34.4 Å². The van der Waals surface area contributed by atoms with Crippen molar-refractivity contribution in [2.45, 2.75) is 55.1 Å². The number of aliphatic hydroxyl groups is 1. The molecule has 1 saturated heterocycles. The second-order valence-electron chi connectivity index (χ2n) is 26.1. The number of carbonyl (C=O) groups is 10. The Morgan fingerprint density at radius 1 is 0.350 bits per heavy atom. The van der Waals surface area contributed by atoms with Crippen molar-refractivity contribution in [2.24, 2.45) is 0 Å². The fourth-order valence-corrected chi connectivity index (χ4v) is 12.4. The van der Waals surface area contributed by atoms with Gasteiger partial charge >= 0.3 is 53.7 Å². The van der Waals surface area contributed by atoms with Gasteiger partial charge in [-0.2, -0.15) is 0 Å². The van der Waals surface area contributed by atoms with E-state index in [1.165, 1.54) is 0 Å². The Morgan fingerprint density at radius 2 is 0.691 bits per heavy atom. The number of phenols is 26. The summed E-state index contributed by atoms with van der Waals surface area (Å²) in [7, 11) is 0. The lowest BCUT2D eigenvalue weighted by molar-refractivity contribution is -0.282. The standard InChI is InChI=1S/C75H54O48/c76-14-40(116-66(104)17-1-26(77)46(90)27(78)2-17)62(119-67(105)18-3-28(79)47(91)29(80)4-18)61-38(89)15-113-70(108)21-9-34(85)51(95)56(100)43(21)45-24(73(111)118-61)13-39(54(98)58(45)102)115-60-25(12-37(88)53(97)59(60)103)74(112)122-65-64(121-68(106)19-5-30(81)48(92)31(82)6-19)63-41(117-75(65)123-69(107)20-7-32(83)49(93)33(84)8-20)16-114-71(109)22-10-35(86)50(94)55(99)42(22)44-23(72(110)120-63)11-36(87)52(96)57(44)101/h1-14,38,40-41,61-65,75,77-103H,15-16H2/t38-,40+,41-,61+,62-,63-,64+,65+,75-/m0/s1. The number of hydrogen-bond donors (Lipinski definition) is 27. The summed E-state index contributed by atoms with van der Waals surface area (Å²) in [5, 5.41) is 294. The third-order valence-corrected chi connectivity index (χ3v) is 18.4. The molecule has 642 valence electrons. The van der Waals surface area contributed by atoms with Gasteiger partial charge in [-0.05, 0) is 66.7 Å². The summed E-state index contributed by atoms with van der Waals surface area (Å²) in [6.07, 6.45) is -26.9. The van der Waals surface area contributed by atoms with E-state index in [-0.39, 0.29) is 24.3 Å². The number of aromatic hydroxyl groups is 26. The van der Waals surface area contributed by atoms with Gasteiger partial charge in [0.25, 0.3) is 0 Å². The van der Waals surface area contributed by atoms with Gasteiger partial charge in [-0.25, -0.2) is 43.2 Å². The minimum Gasteiger partial charge on any atom is -0.504 e. The Labute approximate surface area is 676 Å². The highest BCUT2D eigenvalue weighted by atomic mass is 16.8. The predicted molar refractivity (Wildman–Crippen MR) is 381 cm³/mol. The Hall–Kier alpha value is -17.6. The van der Waals surface area contributed by atoms with Crippen molar-refractivity contribution in [3.05, 3.63) is 129 Å². The molecule has 3 aliphatic rings. The van der Waals surface area contributed by atoms with E-state index in [0.29, 0.717) is 54.6 Å². The summed E-state index contributed by atoms with van der Waals surface area (Å²) in [6, 6.07) is 3.93. The number of hydrogen-bond acceptors (Lipinski definition) is 48. The first-order valence-electron chi connectivity index (χ1n) is 33.8. The lowest BCUT2D eigenvalue weighted by Gasteiger charge is -2.43. The molecular weight excluding hydrogens is 1670 g/mol. The van der Waals surface area contributed by atoms with E-state index >= 15 is 14.4 Å². The number of benzene rings is 9. The number of fused-ring (bicyclic) bond motifs is 7. The van der Waals surface area contributed by atoms with Crippen molar-refractivity contribution in [1.29, 1.82) is 0 Å². The summed E-state index contributed by atoms with van der Waals surface area (Å²) >= 11 is 0. The number of cyclic esters (lactones) is 3. The molecule has 9 aromatic carbocycles. The largest absolute Gasteiger partial charge is 0.504 e. The maximum atomic E-state index is 15.6. The van der Waals surface area contributed by atoms with Crippen LogP contribution in [0.15, 0.2) is 78.9 Å². The summed E-state index contributed by atoms with van der Waals surface area (Å²) in [6.45, 7) is -3.22. The molecule has 1 fully saturated rings. The molecule has 0 unspecified atom stereocenters. The SMILES string of the molecule is O=C[C@@H](OC(=O)c1cc(O)c(O)c(O)c1)[C@H](OC(=O)c1cc(O)c(O)c(O)c1)[C@@H]1OC(=O)c2cc(Oc3c(C(=O)O[C@H]4[C@H](OC(=O)c5cc(O)c(O)c(O)c5)O[C@H]5COC(=O)c6cc(O)c(O)c(O)c6-c6c(cc(O)c(O)c6O)C(=O)O[C@@H]5[C@H]4OC(=O)c4cc(O)c(O)c(O)c4)cc(O)c(O)c3O)c(O)c(O)c2-c2c(cc(O)c(O)c2O)C(=O)OC[C@@H]1O. The minimum atomic E-state index is -3.14. The van der Waals surface area contributed by atoms with Crippen LogP contribution in [-0.4, -0.2) is 266 Å². The molecule has 3 heterocycles. The maximum Gasteiger partial charge on any atom is 0.342 e. The molecule has 0 aromatic heterocycles. The van der Waals surface area contributed by atoms with Crippen LogP contribution in [0.2, 0.25) is 0 Å². The van der Waals surface area contributed by atoms with Crippen LogP contribution >= 0.6 is 0 Å². The number of rotatable bonds is 15. The van der Waals surface area contributed by atoms with Gasteiger partial charge in [-0.15, -0.1) is 0 Å². The fraction of sp³-hybridized carbons (Fsp3) is 0.147. The van der Waals surface area contributed by atoms with E-state index < -0.39 is 362 Å². The molecular formula is C75H54O48. The number of phenolic OH excluding ortho intramolecular Hbond substituents is 26. The van der Waals surface area contributed by atoms with Gasteiger partial charge in [-0.3, -0.25) is 4.79 Å². The number of aldehydes is 1. The van der Waals surface area contributed by atoms with Gasteiger partial charge in [0.1, 0.15) is 31.0 Å². The molecule has 123 heavy (non-hydrogen) atoms. The summed E-state index contributed by atoms with van der Waals surface area (Å²) < 4.78 is 61.3. The number of carbonyl (C=O) groups excluding carboxylic acids is 10. The second-order valence-corrected chi connectivity index (χ2v) is 26.1. The molecule has 3 aliphatic heterocycles. The van der Waals surface area contributed by atoms with E-state index in [1.807, 2.05) is 0 Å². The van der Waals surface area contributed by atoms with Crippen molar-refractivity contribution in [3.63, 3.8) is 0 Å². The third-order valence-electron chi connectivity index (χ3n) is 18.4. The van der Waals surface area contributed by atoms with Crippen LogP contribution < -0.4 is 4.74 Å². The summed E-state index contributed by atoms with van der Waals surface area (Å²) in [4.78, 5) is 145. The molecule has 0 amide bonds. The Morgan fingerprint density at radius 3 is 1.12 bits per heavy atom. The average molecular weight is 1720 g/mol. The quantitative estimate of drug-likeness (QED) is 0.0303. The van der Waals surface area contributed by atoms with Crippen molar-refractivity contribution in [2.75, 3.05) is 13.2 Å². The van der Waals surface area contributed by atoms with E-state index in [2.05, 4.69) is 0 Å². The van der Waals surface area contributed by atoms with Crippen molar-refractivity contribution >= 4 is 60.0 Å². The first kappa shape index (κ1) is 84.8. The molecule has 9 atom stereocenters. The smallest absolute Gasteiger partial charge is 0.342 e. The average Bonchev–Trinajstić information content (AvgIpc) is 1.70. The zero-order valence-corrected chi connectivity index (χ0v) is 60.3. The number of esters is 9. The van der Waals surface area contributed by atoms with Crippen LogP contribution in [0.5, 0.6) is 161 Å². The number of aliphatic hydroxyl groups excluding tert-OH is 1. The Kier molecular flexibility index (Phi) is 22.1. The topological polar surface area (TPSA) is 818 Å². The molecule has 0 bridgehead atoms. The molecule has 0 saturated carbocycles. The molecule has 9 aromatic rings. The van der Waals surface area contributed by atoms with Crippen LogP contribution in [-0.2, 0) is 52.2 Å². The predicted octanol–water partition coefficient (Wildman–Crippen LogP) is 2.59. The minimum absolute atomic E-state index is 0.0361. The molecule has 0 radical (unpaired) electrons. The van der Waals surface area contributed by atoms with Crippen molar-refractivity contribution in [3.8, 4) is 183 Å². The van der Waals surface area contributed by atoms with Gasteiger partial charge in [-0.1, -0.05) is 0 Å². The summed E-state index contributed by atoms with van der Waals surface area (Å²) in [5.74, 6) is -60.6. The van der Waals surface area contributed by atoms with Gasteiger partial charge in [0.2, 0.25) is 46.9 Å². The summed E-state index contributed by atoms with van der Waals surface area (Å²) in [5.41, 5.74) is -16.8. The van der Waals surface area contributed by atoms with Gasteiger partial charge in [0.05, 0.1) is 44.5 Å². The van der Waals surface area contributed by atoms with E-state index in [1.54, 1.807) is 0 Å². The van der Waals surface area contributed by atoms with Crippen LogP contribution in [0.1, 0.15) is 93.2 Å². The van der Waals surface area contributed by atoms with Gasteiger partial charge in [0.15, 0.2) is 163 Å². The molecule has 12 rings (SSSR count). The van der Waals surface area contributed by atoms with Crippen molar-refractivity contribution < 1.29 is 238 Å². The number of ether oxygens (including phenoxy) is 11. The molecule has 48 heteroatoms. The Bertz CT molecular complexity index is 5950. The first-order chi connectivity index (χ1) is 57.8. The highest BCUT2D eigenvalue weighted by molar-refractivity contribution is 6.10. The monoisotopic (exact) mass is 1720 g/mol. The first-order valence-corrected chi connectivity index (χ1v) is 33.8. The van der Waals surface area contributed by atoms with Crippen molar-refractivity contribution in [1.82, 2.24) is 0 Å². The third kappa shape index (κ3) is 15.4. The zero-order chi connectivity index (χ0) is 90.2. The van der Waals surface area contributed by atoms with E-state index in [9.17, 15) is 171 Å². The van der Waals surface area contributed by atoms with E-state index in [0.717, 1.165) is 0 Å². The second kappa shape index (κ2) is 32.1. The highest BCUT2D eigenvalue weighted by Gasteiger charge is 2.56. The normalized spacial score (nSPS) is 17.9. The van der Waals surface area contributed by atoms with Crippen LogP contribution in [0.3, 0.4) is 0 Å². The maximum absolute atomic E-state index is 15.6. The van der Waals surface area contributed by atoms with Crippen LogP contribution in [0.25, 0.3) is 22.3 Å². The lowest BCUT2D eigenvalue weighted by Crippen LogP contribution is -2.63. The van der Waals surface area contributed by atoms with Crippen LogP contribution in [0, 0.1) is 0 Å². The highest BCUT2D eigenvalue weighted by Crippen LogP contribution is 2.58.